The summed E-state index contributed by atoms with van der Waals surface area (Å²) in [7, 11) is -3.74. The number of aromatic nitrogens is 1. The number of nitrogens with one attached hydrogen (secondary N) is 1. The fraction of sp³-hybridized carbons (Fsp3) is 0.261. The minimum atomic E-state index is -3.74. The first-order valence-electron chi connectivity index (χ1n) is 10.7. The Labute approximate surface area is 202 Å². The molecule has 1 saturated heterocycles. The van der Waals surface area contributed by atoms with Crippen molar-refractivity contribution in [2.45, 2.75) is 11.8 Å². The predicted octanol–water partition coefficient (Wildman–Crippen LogP) is 3.53. The number of rotatable bonds is 6. The number of hydrogen-bond donors (Lipinski definition) is 1. The van der Waals surface area contributed by atoms with Gasteiger partial charge in [0, 0.05) is 42.7 Å². The van der Waals surface area contributed by atoms with Gasteiger partial charge in [0.05, 0.1) is 17.2 Å². The maximum atomic E-state index is 13.0. The normalized spacial score (nSPS) is 14.6. The average Bonchev–Trinajstić information content (AvgIpc) is 3.33. The van der Waals surface area contributed by atoms with Crippen LogP contribution in [0.4, 0.5) is 9.93 Å². The van der Waals surface area contributed by atoms with Gasteiger partial charge in [-0.25, -0.2) is 18.2 Å². The number of piperazine rings is 1. The molecular formula is C23H24N4O5S2. The number of ether oxygens (including phenoxy) is 1. The molecule has 1 fully saturated rings. The highest BCUT2D eigenvalue weighted by atomic mass is 32.2. The van der Waals surface area contributed by atoms with E-state index in [4.69, 9.17) is 4.74 Å². The number of carbonyl (C=O) groups is 2. The van der Waals surface area contributed by atoms with E-state index < -0.39 is 16.1 Å². The summed E-state index contributed by atoms with van der Waals surface area (Å²) in [4.78, 5) is 30.5. The minimum absolute atomic E-state index is 0.0919. The predicted molar refractivity (Wildman–Crippen MR) is 129 cm³/mol. The number of hydrogen-bond acceptors (Lipinski definition) is 7. The topological polar surface area (TPSA) is 109 Å². The number of carbonyl (C=O) groups excluding carboxylic acids is 2. The van der Waals surface area contributed by atoms with E-state index in [1.165, 1.54) is 44.8 Å². The molecule has 1 aliphatic rings. The van der Waals surface area contributed by atoms with Gasteiger partial charge in [-0.1, -0.05) is 30.3 Å². The van der Waals surface area contributed by atoms with Crippen molar-refractivity contribution in [2.75, 3.05) is 38.1 Å². The van der Waals surface area contributed by atoms with E-state index >= 15 is 0 Å². The lowest BCUT2D eigenvalue weighted by Crippen LogP contribution is -2.50. The lowest BCUT2D eigenvalue weighted by Gasteiger charge is -2.33. The molecule has 11 heteroatoms. The van der Waals surface area contributed by atoms with Crippen LogP contribution in [0.15, 0.2) is 64.9 Å². The molecule has 0 radical (unpaired) electrons. The van der Waals surface area contributed by atoms with E-state index in [0.29, 0.717) is 10.7 Å². The van der Waals surface area contributed by atoms with Gasteiger partial charge in [0.2, 0.25) is 10.0 Å². The summed E-state index contributed by atoms with van der Waals surface area (Å²) in [6.07, 6.45) is -0.439. The number of amides is 2. The molecule has 9 nitrogen and oxygen atoms in total. The van der Waals surface area contributed by atoms with Crippen molar-refractivity contribution in [1.82, 2.24) is 14.2 Å². The van der Waals surface area contributed by atoms with Gasteiger partial charge < -0.3 is 9.64 Å². The molecular weight excluding hydrogens is 476 g/mol. The van der Waals surface area contributed by atoms with Crippen molar-refractivity contribution < 1.29 is 22.7 Å². The zero-order valence-corrected chi connectivity index (χ0v) is 20.1. The second-order valence-electron chi connectivity index (χ2n) is 7.47. The van der Waals surface area contributed by atoms with E-state index in [0.717, 1.165) is 11.3 Å². The lowest BCUT2D eigenvalue weighted by atomic mass is 10.2. The molecule has 4 rings (SSSR count). The smallest absolute Gasteiger partial charge is 0.409 e. The second kappa shape index (κ2) is 10.3. The maximum Gasteiger partial charge on any atom is 0.409 e. The molecule has 3 aromatic rings. The Kier molecular flexibility index (Phi) is 7.25. The summed E-state index contributed by atoms with van der Waals surface area (Å²) in [6, 6.07) is 15.4. The molecule has 1 N–H and O–H groups in total. The van der Waals surface area contributed by atoms with Crippen LogP contribution in [0.2, 0.25) is 0 Å². The van der Waals surface area contributed by atoms with Gasteiger partial charge in [-0.15, -0.1) is 11.3 Å². The highest BCUT2D eigenvalue weighted by Crippen LogP contribution is 2.25. The van der Waals surface area contributed by atoms with Crippen LogP contribution in [0, 0.1) is 0 Å². The van der Waals surface area contributed by atoms with Gasteiger partial charge in [-0.2, -0.15) is 4.31 Å². The SMILES string of the molecule is CCOC(=O)N1CCN(S(=O)(=O)c2ccc(C(=O)Nc3nc(-c4ccccc4)cs3)cc2)CC1. The molecule has 2 aromatic carbocycles. The number of thiazole rings is 1. The quantitative estimate of drug-likeness (QED) is 0.555. The Morgan fingerprint density at radius 2 is 1.71 bits per heavy atom. The lowest BCUT2D eigenvalue weighted by molar-refractivity contribution is 0.0933. The van der Waals surface area contributed by atoms with Crippen molar-refractivity contribution in [3.63, 3.8) is 0 Å². The first-order chi connectivity index (χ1) is 16.4. The number of sulfonamides is 1. The first-order valence-corrected chi connectivity index (χ1v) is 13.0. The summed E-state index contributed by atoms with van der Waals surface area (Å²) < 4.78 is 32.3. The number of nitrogens with zero attached hydrogens (tertiary/aromatic N) is 3. The molecule has 1 aromatic heterocycles. The zero-order chi connectivity index (χ0) is 24.1. The third-order valence-electron chi connectivity index (χ3n) is 5.31. The van der Waals surface area contributed by atoms with Crippen LogP contribution in [-0.2, 0) is 14.8 Å². The molecule has 0 spiro atoms. The van der Waals surface area contributed by atoms with Crippen molar-refractivity contribution >= 4 is 38.5 Å². The fourth-order valence-electron chi connectivity index (χ4n) is 3.50. The standard InChI is InChI=1S/C23H24N4O5S2/c1-2-32-23(29)26-12-14-27(15-13-26)34(30,31)19-10-8-18(9-11-19)21(28)25-22-24-20(16-33-22)17-6-4-3-5-7-17/h3-11,16H,2,12-15H2,1H3,(H,24,25,28). The molecule has 0 atom stereocenters. The molecule has 2 amide bonds. The molecule has 0 unspecified atom stereocenters. The van der Waals surface area contributed by atoms with Gasteiger partial charge >= 0.3 is 6.09 Å². The van der Waals surface area contributed by atoms with E-state index in [-0.39, 0.29) is 43.6 Å². The summed E-state index contributed by atoms with van der Waals surface area (Å²) in [5.74, 6) is -0.374. The monoisotopic (exact) mass is 500 g/mol. The summed E-state index contributed by atoms with van der Waals surface area (Å²) in [5, 5.41) is 5.08. The van der Waals surface area contributed by atoms with Crippen LogP contribution in [0.25, 0.3) is 11.3 Å². The van der Waals surface area contributed by atoms with Gasteiger partial charge in [0.1, 0.15) is 0 Å². The van der Waals surface area contributed by atoms with Crippen LogP contribution in [0.5, 0.6) is 0 Å². The van der Waals surface area contributed by atoms with E-state index in [9.17, 15) is 18.0 Å². The highest BCUT2D eigenvalue weighted by Gasteiger charge is 2.30. The van der Waals surface area contributed by atoms with E-state index in [1.807, 2.05) is 35.7 Å². The average molecular weight is 501 g/mol. The Bertz CT molecular complexity index is 1250. The minimum Gasteiger partial charge on any atom is -0.450 e. The van der Waals surface area contributed by atoms with Crippen LogP contribution in [-0.4, -0.2) is 67.4 Å². The largest absolute Gasteiger partial charge is 0.450 e. The Morgan fingerprint density at radius 1 is 1.03 bits per heavy atom. The zero-order valence-electron chi connectivity index (χ0n) is 18.5. The fourth-order valence-corrected chi connectivity index (χ4v) is 5.63. The van der Waals surface area contributed by atoms with Gasteiger partial charge in [-0.3, -0.25) is 10.1 Å². The molecule has 0 bridgehead atoms. The van der Waals surface area contributed by atoms with Crippen LogP contribution in [0.1, 0.15) is 17.3 Å². The van der Waals surface area contributed by atoms with E-state index in [2.05, 4.69) is 10.3 Å². The highest BCUT2D eigenvalue weighted by molar-refractivity contribution is 7.89. The number of anilines is 1. The van der Waals surface area contributed by atoms with Crippen molar-refractivity contribution in [1.29, 1.82) is 0 Å². The Balaban J connectivity index is 1.38. The van der Waals surface area contributed by atoms with Gasteiger partial charge in [0.25, 0.3) is 5.91 Å². The van der Waals surface area contributed by atoms with Crippen molar-refractivity contribution in [2.24, 2.45) is 0 Å². The second-order valence-corrected chi connectivity index (χ2v) is 10.3. The van der Waals surface area contributed by atoms with Crippen LogP contribution >= 0.6 is 11.3 Å². The van der Waals surface area contributed by atoms with Gasteiger partial charge in [-0.05, 0) is 31.2 Å². The van der Waals surface area contributed by atoms with Crippen LogP contribution < -0.4 is 5.32 Å². The summed E-state index contributed by atoms with van der Waals surface area (Å²) in [6.45, 7) is 2.87. The molecule has 0 saturated carbocycles. The van der Waals surface area contributed by atoms with Crippen molar-refractivity contribution in [3.8, 4) is 11.3 Å². The first kappa shape index (κ1) is 23.9. The van der Waals surface area contributed by atoms with Gasteiger partial charge in [0.15, 0.2) is 5.13 Å². The number of benzene rings is 2. The summed E-state index contributed by atoms with van der Waals surface area (Å²) >= 11 is 1.32. The van der Waals surface area contributed by atoms with Crippen LogP contribution in [0.3, 0.4) is 0 Å². The molecule has 2 heterocycles. The third-order valence-corrected chi connectivity index (χ3v) is 7.98. The van der Waals surface area contributed by atoms with E-state index in [1.54, 1.807) is 6.92 Å². The Hall–Kier alpha value is -3.28. The molecule has 1 aliphatic heterocycles. The molecule has 0 aliphatic carbocycles. The molecule has 178 valence electrons. The van der Waals surface area contributed by atoms with Crippen molar-refractivity contribution in [3.05, 3.63) is 65.5 Å². The summed E-state index contributed by atoms with van der Waals surface area (Å²) in [5.41, 5.74) is 2.05. The maximum absolute atomic E-state index is 13.0. The third kappa shape index (κ3) is 5.27. The Morgan fingerprint density at radius 3 is 2.35 bits per heavy atom. The molecule has 34 heavy (non-hydrogen) atoms.